The molecule has 1 aliphatic carbocycles. The fourth-order valence-corrected chi connectivity index (χ4v) is 11.0. The molecule has 0 bridgehead atoms. The molecule has 10 rings (SSSR count). The number of aromatic amines is 1. The van der Waals surface area contributed by atoms with Crippen LogP contribution in [0.2, 0.25) is 5.02 Å². The highest BCUT2D eigenvalue weighted by molar-refractivity contribution is 7.90. The van der Waals surface area contributed by atoms with Crippen molar-refractivity contribution in [2.24, 2.45) is 5.41 Å². The second kappa shape index (κ2) is 18.3. The number of nitro benzene ring substituents is 1. The van der Waals surface area contributed by atoms with E-state index < -0.39 is 31.4 Å². The summed E-state index contributed by atoms with van der Waals surface area (Å²) in [6.07, 6.45) is 5.23. The number of halogens is 1. The molecule has 3 aromatic heterocycles. The Balaban J connectivity index is 0.962. The summed E-state index contributed by atoms with van der Waals surface area (Å²) in [5.74, 6) is -0.885. The normalized spacial score (nSPS) is 19.1. The molecule has 3 N–H and O–H groups in total. The average molecular weight is 950 g/mol. The van der Waals surface area contributed by atoms with E-state index in [9.17, 15) is 23.3 Å². The van der Waals surface area contributed by atoms with Crippen molar-refractivity contribution in [3.8, 4) is 5.69 Å². The van der Waals surface area contributed by atoms with E-state index in [4.69, 9.17) is 30.8 Å². The SMILES string of the molecule is CC1(C)CCC(CN2CCN(c3ccc(C(=O)NS(=O)(=O)c4ccc(NC[C@H]5COCCO5)c([N+](=O)[O-])c4)c(-n4c5c(c6nc7[nH]ccc7cc64)COCC5)c3)CC2)=C(c2ccc(Cl)cc2)C1. The van der Waals surface area contributed by atoms with Gasteiger partial charge in [0.05, 0.1) is 71.2 Å². The summed E-state index contributed by atoms with van der Waals surface area (Å²) in [5.41, 5.74) is 9.49. The van der Waals surface area contributed by atoms with Crippen molar-refractivity contribution in [1.29, 1.82) is 0 Å². The number of hydrogen-bond acceptors (Lipinski definition) is 12. The van der Waals surface area contributed by atoms with E-state index in [0.29, 0.717) is 50.8 Å². The molecule has 1 atom stereocenters. The van der Waals surface area contributed by atoms with Gasteiger partial charge < -0.3 is 34.0 Å². The highest BCUT2D eigenvalue weighted by Crippen LogP contribution is 2.44. The molecule has 350 valence electrons. The maximum atomic E-state index is 14.5. The van der Waals surface area contributed by atoms with Gasteiger partial charge in [0.25, 0.3) is 21.6 Å². The number of nitrogens with one attached hydrogen (secondary N) is 3. The molecule has 3 aromatic carbocycles. The average Bonchev–Trinajstić information content (AvgIpc) is 3.92. The molecule has 0 unspecified atom stereocenters. The third-order valence-electron chi connectivity index (χ3n) is 13.5. The number of pyridine rings is 1. The lowest BCUT2D eigenvalue weighted by atomic mass is 9.72. The number of ether oxygens (including phenoxy) is 3. The van der Waals surface area contributed by atoms with Crippen LogP contribution in [0.25, 0.3) is 33.3 Å². The molecule has 2 fully saturated rings. The quantitative estimate of drug-likeness (QED) is 0.0798. The van der Waals surface area contributed by atoms with Crippen molar-refractivity contribution in [1.82, 2.24) is 24.2 Å². The van der Waals surface area contributed by atoms with Gasteiger partial charge in [0, 0.05) is 85.3 Å². The number of rotatable bonds is 12. The number of fused-ring (bicyclic) bond motifs is 4. The summed E-state index contributed by atoms with van der Waals surface area (Å²) in [7, 11) is -4.61. The highest BCUT2D eigenvalue weighted by Gasteiger charge is 2.32. The first kappa shape index (κ1) is 45.0. The number of sulfonamides is 1. The Bertz CT molecular complexity index is 3020. The first-order chi connectivity index (χ1) is 32.3. The molecule has 18 heteroatoms. The van der Waals surface area contributed by atoms with Gasteiger partial charge in [0.1, 0.15) is 11.3 Å². The van der Waals surface area contributed by atoms with E-state index in [1.165, 1.54) is 28.8 Å². The van der Waals surface area contributed by atoms with Crippen molar-refractivity contribution in [2.45, 2.75) is 57.1 Å². The molecule has 4 aliphatic rings. The smallest absolute Gasteiger partial charge is 0.293 e. The number of benzene rings is 3. The fraction of sp³-hybridized carbons (Fsp3) is 0.388. The van der Waals surface area contributed by atoms with Crippen LogP contribution in [0.15, 0.2) is 89.5 Å². The van der Waals surface area contributed by atoms with Gasteiger partial charge in [0.2, 0.25) is 0 Å². The molecule has 0 spiro atoms. The van der Waals surface area contributed by atoms with Crippen LogP contribution >= 0.6 is 11.6 Å². The Hall–Kier alpha value is -5.82. The fourth-order valence-electron chi connectivity index (χ4n) is 9.90. The number of amides is 1. The van der Waals surface area contributed by atoms with Crippen molar-refractivity contribution in [2.75, 3.05) is 75.9 Å². The van der Waals surface area contributed by atoms with E-state index in [2.05, 4.69) is 50.8 Å². The molecule has 0 radical (unpaired) electrons. The molecule has 67 heavy (non-hydrogen) atoms. The number of anilines is 2. The van der Waals surface area contributed by atoms with Crippen LogP contribution in [-0.2, 0) is 37.3 Å². The summed E-state index contributed by atoms with van der Waals surface area (Å²) >= 11 is 6.28. The van der Waals surface area contributed by atoms with E-state index in [1.54, 1.807) is 6.07 Å². The summed E-state index contributed by atoms with van der Waals surface area (Å²) in [6, 6.07) is 21.2. The van der Waals surface area contributed by atoms with Gasteiger partial charge in [-0.05, 0) is 90.4 Å². The van der Waals surface area contributed by atoms with Crippen LogP contribution < -0.4 is 14.9 Å². The standard InChI is InChI=1S/C49H53ClN8O8S/c1-49(2)14-11-33(39(26-49)31-3-5-34(50)6-4-31)28-55-16-18-56(19-17-55)35-7-9-38(43(24-35)57-42-13-20-64-30-40(42)46-45(57)23-32-12-15-51-47(32)53-46)48(59)54-67(62,63)37-8-10-41(44(25-37)58(60)61)52-27-36-29-65-21-22-66-36/h3-10,12,15,23-25,36,52H,11,13-14,16-22,26-30H2,1-2H3,(H,51,53)(H,54,59)/t36-/m0/s1. The van der Waals surface area contributed by atoms with Crippen LogP contribution in [0.1, 0.15) is 60.3 Å². The summed E-state index contributed by atoms with van der Waals surface area (Å²) in [4.78, 5) is 38.7. The Morgan fingerprint density at radius 2 is 1.81 bits per heavy atom. The number of carbonyl (C=O) groups is 1. The number of carbonyl (C=O) groups excluding carboxylic acids is 1. The number of aromatic nitrogens is 3. The van der Waals surface area contributed by atoms with Crippen LogP contribution in [0.4, 0.5) is 17.1 Å². The van der Waals surface area contributed by atoms with E-state index >= 15 is 0 Å². The number of nitrogens with zero attached hydrogens (tertiary/aromatic N) is 5. The number of hydrogen-bond donors (Lipinski definition) is 3. The molecule has 6 aromatic rings. The maximum absolute atomic E-state index is 14.5. The number of allylic oxidation sites excluding steroid dienone is 1. The van der Waals surface area contributed by atoms with Gasteiger partial charge in [0.15, 0.2) is 0 Å². The third kappa shape index (κ3) is 9.28. The third-order valence-corrected chi connectivity index (χ3v) is 15.1. The maximum Gasteiger partial charge on any atom is 0.293 e. The lowest BCUT2D eigenvalue weighted by Gasteiger charge is -2.39. The minimum absolute atomic E-state index is 0.107. The molecular weight excluding hydrogens is 896 g/mol. The number of H-pyrrole nitrogens is 1. The van der Waals surface area contributed by atoms with Crippen LogP contribution in [0, 0.1) is 15.5 Å². The molecule has 3 aliphatic heterocycles. The molecular formula is C49H53ClN8O8S. The second-order valence-corrected chi connectivity index (χ2v) is 20.7. The molecule has 2 saturated heterocycles. The Labute approximate surface area is 393 Å². The van der Waals surface area contributed by atoms with Crippen molar-refractivity contribution < 1.29 is 32.3 Å². The zero-order chi connectivity index (χ0) is 46.5. The Kier molecular flexibility index (Phi) is 12.3. The monoisotopic (exact) mass is 948 g/mol. The van der Waals surface area contributed by atoms with Crippen molar-refractivity contribution >= 4 is 72.2 Å². The predicted molar refractivity (Wildman–Crippen MR) is 258 cm³/mol. The van der Waals surface area contributed by atoms with E-state index in [-0.39, 0.29) is 29.3 Å². The van der Waals surface area contributed by atoms with Crippen LogP contribution in [-0.4, -0.2) is 110 Å². The first-order valence-electron chi connectivity index (χ1n) is 22.8. The van der Waals surface area contributed by atoms with Gasteiger partial charge in [-0.15, -0.1) is 0 Å². The lowest BCUT2D eigenvalue weighted by molar-refractivity contribution is -0.384. The largest absolute Gasteiger partial charge is 0.377 e. The number of piperazine rings is 1. The second-order valence-electron chi connectivity index (χ2n) is 18.5. The minimum Gasteiger partial charge on any atom is -0.377 e. The van der Waals surface area contributed by atoms with Crippen molar-refractivity contribution in [3.63, 3.8) is 0 Å². The Morgan fingerprint density at radius 3 is 2.58 bits per heavy atom. The summed E-state index contributed by atoms with van der Waals surface area (Å²) in [5, 5.41) is 16.8. The van der Waals surface area contributed by atoms with Crippen LogP contribution in [0.5, 0.6) is 0 Å². The van der Waals surface area contributed by atoms with E-state index in [0.717, 1.165) is 96.4 Å². The predicted octanol–water partition coefficient (Wildman–Crippen LogP) is 7.87. The van der Waals surface area contributed by atoms with E-state index in [1.807, 2.05) is 47.2 Å². The zero-order valence-electron chi connectivity index (χ0n) is 37.5. The summed E-state index contributed by atoms with van der Waals surface area (Å²) in [6.45, 7) is 10.9. The highest BCUT2D eigenvalue weighted by atomic mass is 35.5. The van der Waals surface area contributed by atoms with Gasteiger partial charge in [-0.1, -0.05) is 43.2 Å². The topological polar surface area (TPSA) is 186 Å². The van der Waals surface area contributed by atoms with Gasteiger partial charge in [-0.2, -0.15) is 0 Å². The van der Waals surface area contributed by atoms with Crippen molar-refractivity contribution in [3.05, 3.63) is 122 Å². The molecule has 16 nitrogen and oxygen atoms in total. The van der Waals surface area contributed by atoms with Gasteiger partial charge in [-0.25, -0.2) is 18.1 Å². The van der Waals surface area contributed by atoms with Gasteiger partial charge >= 0.3 is 0 Å². The van der Waals surface area contributed by atoms with Crippen LogP contribution in [0.3, 0.4) is 0 Å². The zero-order valence-corrected chi connectivity index (χ0v) is 39.1. The molecule has 0 saturated carbocycles. The first-order valence-corrected chi connectivity index (χ1v) is 24.6. The molecule has 1 amide bonds. The molecule has 6 heterocycles. The number of nitro groups is 1. The minimum atomic E-state index is -4.61. The Morgan fingerprint density at radius 1 is 0.985 bits per heavy atom. The summed E-state index contributed by atoms with van der Waals surface area (Å²) < 4.78 is 49.3. The lowest BCUT2D eigenvalue weighted by Crippen LogP contribution is -2.47. The van der Waals surface area contributed by atoms with Gasteiger partial charge in [-0.3, -0.25) is 19.8 Å².